The van der Waals surface area contributed by atoms with Gasteiger partial charge in [-0.15, -0.1) is 0 Å². The van der Waals surface area contributed by atoms with Gasteiger partial charge in [0.2, 0.25) is 5.91 Å². The fraction of sp³-hybridized carbons (Fsp3) is 0.318. The van der Waals surface area contributed by atoms with Crippen LogP contribution in [0.25, 0.3) is 27.7 Å². The van der Waals surface area contributed by atoms with Crippen LogP contribution in [0, 0.1) is 17.4 Å². The zero-order chi connectivity index (χ0) is 21.2. The van der Waals surface area contributed by atoms with Gasteiger partial charge in [0.1, 0.15) is 5.65 Å². The number of pyridine rings is 1. The summed E-state index contributed by atoms with van der Waals surface area (Å²) in [6.07, 6.45) is 9.83. The van der Waals surface area contributed by atoms with E-state index < -0.39 is 0 Å². The summed E-state index contributed by atoms with van der Waals surface area (Å²) < 4.78 is 1.61. The zero-order valence-corrected chi connectivity index (χ0v) is 17.0. The van der Waals surface area contributed by atoms with Crippen molar-refractivity contribution in [2.75, 3.05) is 19.6 Å². The number of aromatic amines is 1. The van der Waals surface area contributed by atoms with Crippen molar-refractivity contribution < 1.29 is 4.79 Å². The van der Waals surface area contributed by atoms with Gasteiger partial charge in [-0.05, 0) is 42.7 Å². The smallest absolute Gasteiger partial charge is 0.224 e. The quantitative estimate of drug-likeness (QED) is 0.484. The Kier molecular flexibility index (Phi) is 4.96. The van der Waals surface area contributed by atoms with Crippen LogP contribution in [0.5, 0.6) is 0 Å². The van der Waals surface area contributed by atoms with Gasteiger partial charge >= 0.3 is 0 Å². The average molecular weight is 414 g/mol. The van der Waals surface area contributed by atoms with E-state index in [4.69, 9.17) is 5.26 Å². The Morgan fingerprint density at radius 1 is 1.29 bits per heavy atom. The van der Waals surface area contributed by atoms with Crippen LogP contribution in [0.2, 0.25) is 0 Å². The number of hydrogen-bond acceptors (Lipinski definition) is 6. The third-order valence-electron chi connectivity index (χ3n) is 5.81. The van der Waals surface area contributed by atoms with Crippen molar-refractivity contribution in [3.05, 3.63) is 48.5 Å². The monoisotopic (exact) mass is 414 g/mol. The maximum atomic E-state index is 12.5. The van der Waals surface area contributed by atoms with Crippen LogP contribution in [-0.4, -0.2) is 55.2 Å². The molecular weight excluding hydrogens is 392 g/mol. The van der Waals surface area contributed by atoms with Gasteiger partial charge in [-0.3, -0.25) is 4.79 Å². The molecule has 0 radical (unpaired) electrons. The second kappa shape index (κ2) is 8.07. The number of hydrogen-bond donors (Lipinski definition) is 2. The largest absolute Gasteiger partial charge is 0.355 e. The van der Waals surface area contributed by atoms with Crippen LogP contribution in [0.1, 0.15) is 18.5 Å². The number of nitriles is 1. The fourth-order valence-corrected chi connectivity index (χ4v) is 4.24. The number of rotatable bonds is 5. The second-order valence-electron chi connectivity index (χ2n) is 7.80. The van der Waals surface area contributed by atoms with Crippen LogP contribution >= 0.6 is 0 Å². The lowest BCUT2D eigenvalue weighted by molar-refractivity contribution is -0.126. The van der Waals surface area contributed by atoms with Crippen LogP contribution in [-0.2, 0) is 11.2 Å². The normalized spacial score (nSPS) is 16.5. The van der Waals surface area contributed by atoms with Crippen LogP contribution < -0.4 is 5.32 Å². The van der Waals surface area contributed by atoms with Crippen molar-refractivity contribution in [3.63, 3.8) is 0 Å². The summed E-state index contributed by atoms with van der Waals surface area (Å²) in [6.45, 7) is 1.79. The summed E-state index contributed by atoms with van der Waals surface area (Å²) in [4.78, 5) is 22.0. The molecule has 0 unspecified atom stereocenters. The van der Waals surface area contributed by atoms with Crippen LogP contribution in [0.4, 0.5) is 0 Å². The Morgan fingerprint density at radius 2 is 2.23 bits per heavy atom. The molecule has 5 heterocycles. The van der Waals surface area contributed by atoms with Crippen molar-refractivity contribution in [1.29, 1.82) is 5.26 Å². The van der Waals surface area contributed by atoms with E-state index in [9.17, 15) is 4.79 Å². The molecule has 0 aromatic carbocycles. The molecule has 1 fully saturated rings. The molecule has 1 saturated heterocycles. The summed E-state index contributed by atoms with van der Waals surface area (Å²) in [5, 5.41) is 21.7. The van der Waals surface area contributed by atoms with Gasteiger partial charge in [-0.1, -0.05) is 0 Å². The summed E-state index contributed by atoms with van der Waals surface area (Å²) in [6, 6.07) is 7.95. The highest BCUT2D eigenvalue weighted by atomic mass is 16.1. The van der Waals surface area contributed by atoms with E-state index in [-0.39, 0.29) is 11.8 Å². The van der Waals surface area contributed by atoms with Crippen molar-refractivity contribution >= 4 is 22.5 Å². The molecule has 0 spiro atoms. The van der Waals surface area contributed by atoms with Gasteiger partial charge in [0.05, 0.1) is 17.6 Å². The number of aromatic nitrogens is 5. The molecular formula is C22H22N8O. The Hall–Kier alpha value is -3.93. The van der Waals surface area contributed by atoms with Crippen molar-refractivity contribution in [1.82, 2.24) is 35.0 Å². The average Bonchev–Trinajstić information content (AvgIpc) is 3.43. The summed E-state index contributed by atoms with van der Waals surface area (Å²) >= 11 is 0. The highest BCUT2D eigenvalue weighted by Gasteiger charge is 2.25. The number of likely N-dealkylation sites (tertiary alicyclic amines) is 1. The SMILES string of the molecule is N#CN1CCC[C@H](C(=O)NCCc2cc3c(-c4cnn5ncccc45)ccnc3[nH]2)C1. The number of fused-ring (bicyclic) bond motifs is 2. The Balaban J connectivity index is 1.30. The number of carbonyl (C=O) groups is 1. The van der Waals surface area contributed by atoms with E-state index >= 15 is 0 Å². The highest BCUT2D eigenvalue weighted by Crippen LogP contribution is 2.30. The standard InChI is InChI=1S/C22H22N8O/c23-14-29-10-2-3-15(13-29)22(31)25-8-5-16-11-18-17(6-9-24-21(18)28-16)19-12-27-30-20(19)4-1-7-26-30/h1,4,6-7,9,11-12,15H,2-3,5,8,10,13H2,(H,24,28)(H,25,31)/t15-/m0/s1. The van der Waals surface area contributed by atoms with Crippen molar-refractivity contribution in [3.8, 4) is 17.3 Å². The fourth-order valence-electron chi connectivity index (χ4n) is 4.24. The maximum absolute atomic E-state index is 12.5. The molecule has 4 aromatic rings. The Labute approximate surface area is 178 Å². The third kappa shape index (κ3) is 3.68. The van der Waals surface area contributed by atoms with E-state index in [1.165, 1.54) is 0 Å². The number of amides is 1. The minimum atomic E-state index is -0.117. The van der Waals surface area contributed by atoms with Gasteiger partial charge in [0, 0.05) is 55.1 Å². The molecule has 1 atom stereocenters. The van der Waals surface area contributed by atoms with Crippen molar-refractivity contribution in [2.45, 2.75) is 19.3 Å². The Bertz CT molecular complexity index is 1280. The lowest BCUT2D eigenvalue weighted by Crippen LogP contribution is -2.41. The lowest BCUT2D eigenvalue weighted by Gasteiger charge is -2.27. The minimum Gasteiger partial charge on any atom is -0.355 e. The molecule has 1 aliphatic rings. The molecule has 0 saturated carbocycles. The molecule has 9 heteroatoms. The zero-order valence-electron chi connectivity index (χ0n) is 17.0. The molecule has 1 amide bonds. The second-order valence-corrected chi connectivity index (χ2v) is 7.80. The van der Waals surface area contributed by atoms with Crippen LogP contribution in [0.15, 0.2) is 42.9 Å². The molecule has 0 aliphatic carbocycles. The Morgan fingerprint density at radius 3 is 3.13 bits per heavy atom. The molecule has 5 rings (SSSR count). The van der Waals surface area contributed by atoms with Gasteiger partial charge in [-0.25, -0.2) is 4.98 Å². The minimum absolute atomic E-state index is 0.0220. The highest BCUT2D eigenvalue weighted by molar-refractivity contribution is 5.97. The van der Waals surface area contributed by atoms with Crippen LogP contribution in [0.3, 0.4) is 0 Å². The molecule has 1 aliphatic heterocycles. The molecule has 2 N–H and O–H groups in total. The molecule has 156 valence electrons. The number of carbonyl (C=O) groups excluding carboxylic acids is 1. The van der Waals surface area contributed by atoms with E-state index in [0.717, 1.165) is 52.8 Å². The molecule has 4 aromatic heterocycles. The first-order chi connectivity index (χ1) is 15.2. The van der Waals surface area contributed by atoms with E-state index in [0.29, 0.717) is 19.5 Å². The summed E-state index contributed by atoms with van der Waals surface area (Å²) in [5.74, 6) is -0.0951. The first-order valence-electron chi connectivity index (χ1n) is 10.4. The molecule has 31 heavy (non-hydrogen) atoms. The van der Waals surface area contributed by atoms with Crippen molar-refractivity contribution in [2.24, 2.45) is 5.92 Å². The van der Waals surface area contributed by atoms with Gasteiger partial charge < -0.3 is 15.2 Å². The topological polar surface area (TPSA) is 115 Å². The number of nitrogens with one attached hydrogen (secondary N) is 2. The third-order valence-corrected chi connectivity index (χ3v) is 5.81. The van der Waals surface area contributed by atoms with Gasteiger partial charge in [0.25, 0.3) is 0 Å². The predicted octanol–water partition coefficient (Wildman–Crippen LogP) is 2.12. The summed E-state index contributed by atoms with van der Waals surface area (Å²) in [7, 11) is 0. The number of nitrogens with zero attached hydrogens (tertiary/aromatic N) is 6. The van der Waals surface area contributed by atoms with Gasteiger partial charge in [-0.2, -0.15) is 20.1 Å². The lowest BCUT2D eigenvalue weighted by atomic mass is 9.97. The van der Waals surface area contributed by atoms with E-state index in [2.05, 4.69) is 37.7 Å². The number of piperidine rings is 1. The van der Waals surface area contributed by atoms with Gasteiger partial charge in [0.15, 0.2) is 6.19 Å². The van der Waals surface area contributed by atoms with E-state index in [1.54, 1.807) is 21.9 Å². The molecule has 9 nitrogen and oxygen atoms in total. The predicted molar refractivity (Wildman–Crippen MR) is 115 cm³/mol. The summed E-state index contributed by atoms with van der Waals surface area (Å²) in [5.41, 5.74) is 4.78. The van der Waals surface area contributed by atoms with E-state index in [1.807, 2.05) is 24.4 Å². The molecule has 0 bridgehead atoms. The first kappa shape index (κ1) is 19.1. The first-order valence-corrected chi connectivity index (χ1v) is 10.4. The maximum Gasteiger partial charge on any atom is 0.224 e. The number of H-pyrrole nitrogens is 1.